The first-order valence-electron chi connectivity index (χ1n) is 7.91. The lowest BCUT2D eigenvalue weighted by atomic mass is 10.0. The first kappa shape index (κ1) is 15.0. The molecule has 0 saturated heterocycles. The van der Waals surface area contributed by atoms with Crippen molar-refractivity contribution in [3.8, 4) is 22.5 Å². The van der Waals surface area contributed by atoms with Gasteiger partial charge in [0, 0.05) is 35.6 Å². The SMILES string of the molecule is Cc1ccc(-c2cn3cc(-c4cccc(Cl)c4)nc3n2C)cc1C. The maximum absolute atomic E-state index is 6.09. The molecule has 2 aromatic carbocycles. The molecule has 0 radical (unpaired) electrons. The third-order valence-electron chi connectivity index (χ3n) is 4.56. The van der Waals surface area contributed by atoms with E-state index in [1.165, 1.54) is 16.7 Å². The van der Waals surface area contributed by atoms with Gasteiger partial charge in [0.2, 0.25) is 5.78 Å². The van der Waals surface area contributed by atoms with Gasteiger partial charge < -0.3 is 4.57 Å². The molecule has 0 bridgehead atoms. The summed E-state index contributed by atoms with van der Waals surface area (Å²) in [5.41, 5.74) is 6.91. The summed E-state index contributed by atoms with van der Waals surface area (Å²) in [7, 11) is 2.05. The number of hydrogen-bond acceptors (Lipinski definition) is 1. The Kier molecular flexibility index (Phi) is 3.47. The average molecular weight is 336 g/mol. The highest BCUT2D eigenvalue weighted by Gasteiger charge is 2.13. The van der Waals surface area contributed by atoms with Gasteiger partial charge in [-0.3, -0.25) is 4.40 Å². The lowest BCUT2D eigenvalue weighted by Crippen LogP contribution is -1.93. The second-order valence-electron chi connectivity index (χ2n) is 6.22. The Morgan fingerprint density at radius 2 is 1.75 bits per heavy atom. The molecule has 0 spiro atoms. The number of rotatable bonds is 2. The molecule has 0 unspecified atom stereocenters. The van der Waals surface area contributed by atoms with Crippen LogP contribution in [0.4, 0.5) is 0 Å². The van der Waals surface area contributed by atoms with Crippen LogP contribution in [0.2, 0.25) is 5.02 Å². The average Bonchev–Trinajstić information content (AvgIpc) is 3.10. The normalized spacial score (nSPS) is 11.3. The number of benzene rings is 2. The minimum absolute atomic E-state index is 0.723. The Bertz CT molecular complexity index is 1060. The van der Waals surface area contributed by atoms with Crippen molar-refractivity contribution >= 4 is 17.4 Å². The number of nitrogens with zero attached hydrogens (tertiary/aromatic N) is 3. The third kappa shape index (κ3) is 2.42. The summed E-state index contributed by atoms with van der Waals surface area (Å²) in [6, 6.07) is 14.3. The number of aryl methyl sites for hydroxylation is 3. The lowest BCUT2D eigenvalue weighted by Gasteiger charge is -2.06. The number of hydrogen-bond donors (Lipinski definition) is 0. The second kappa shape index (κ2) is 5.53. The van der Waals surface area contributed by atoms with Crippen LogP contribution in [0.15, 0.2) is 54.9 Å². The van der Waals surface area contributed by atoms with Gasteiger partial charge in [-0.25, -0.2) is 4.98 Å². The zero-order valence-electron chi connectivity index (χ0n) is 13.9. The van der Waals surface area contributed by atoms with Gasteiger partial charge in [-0.05, 0) is 43.2 Å². The van der Waals surface area contributed by atoms with E-state index in [1.54, 1.807) is 0 Å². The molecule has 0 aliphatic rings. The molecule has 0 N–H and O–H groups in total. The highest BCUT2D eigenvalue weighted by Crippen LogP contribution is 2.27. The maximum Gasteiger partial charge on any atom is 0.214 e. The van der Waals surface area contributed by atoms with Crippen LogP contribution in [-0.4, -0.2) is 14.0 Å². The van der Waals surface area contributed by atoms with Crippen LogP contribution in [0, 0.1) is 13.8 Å². The molecule has 2 heterocycles. The second-order valence-corrected chi connectivity index (χ2v) is 6.65. The van der Waals surface area contributed by atoms with E-state index in [1.807, 2.05) is 30.5 Å². The minimum atomic E-state index is 0.723. The van der Waals surface area contributed by atoms with Gasteiger partial charge >= 0.3 is 0 Å². The van der Waals surface area contributed by atoms with Crippen molar-refractivity contribution in [1.29, 1.82) is 0 Å². The molecule has 0 saturated carbocycles. The van der Waals surface area contributed by atoms with Crippen LogP contribution in [0.25, 0.3) is 28.3 Å². The van der Waals surface area contributed by atoms with Crippen LogP contribution in [0.3, 0.4) is 0 Å². The first-order chi connectivity index (χ1) is 11.5. The molecule has 0 atom stereocenters. The maximum atomic E-state index is 6.09. The van der Waals surface area contributed by atoms with Gasteiger partial charge in [-0.1, -0.05) is 35.9 Å². The fourth-order valence-electron chi connectivity index (χ4n) is 3.01. The highest BCUT2D eigenvalue weighted by molar-refractivity contribution is 6.30. The molecular weight excluding hydrogens is 318 g/mol. The predicted octanol–water partition coefficient (Wildman–Crippen LogP) is 5.28. The van der Waals surface area contributed by atoms with Gasteiger partial charge in [-0.15, -0.1) is 0 Å². The fraction of sp³-hybridized carbons (Fsp3) is 0.150. The molecule has 4 rings (SSSR count). The van der Waals surface area contributed by atoms with Crippen LogP contribution in [0.1, 0.15) is 11.1 Å². The highest BCUT2D eigenvalue weighted by atomic mass is 35.5. The number of aromatic nitrogens is 3. The molecule has 0 amide bonds. The van der Waals surface area contributed by atoms with E-state index in [-0.39, 0.29) is 0 Å². The summed E-state index contributed by atoms with van der Waals surface area (Å²) in [6.07, 6.45) is 4.17. The van der Waals surface area contributed by atoms with E-state index < -0.39 is 0 Å². The predicted molar refractivity (Wildman–Crippen MR) is 99.5 cm³/mol. The summed E-state index contributed by atoms with van der Waals surface area (Å²) in [5.74, 6) is 0.915. The Morgan fingerprint density at radius 3 is 2.46 bits per heavy atom. The van der Waals surface area contributed by atoms with E-state index in [0.29, 0.717) is 0 Å². The van der Waals surface area contributed by atoms with Gasteiger partial charge in [0.05, 0.1) is 11.4 Å². The molecule has 3 nitrogen and oxygen atoms in total. The van der Waals surface area contributed by atoms with E-state index >= 15 is 0 Å². The summed E-state index contributed by atoms with van der Waals surface area (Å²) in [4.78, 5) is 4.78. The van der Waals surface area contributed by atoms with Crippen LogP contribution in [0.5, 0.6) is 0 Å². The summed E-state index contributed by atoms with van der Waals surface area (Å²) in [6.45, 7) is 4.28. The quantitative estimate of drug-likeness (QED) is 0.488. The standard InChI is InChI=1S/C20H18ClN3/c1-13-7-8-16(9-14(13)2)19-12-24-11-18(22-20(24)23(19)3)15-5-4-6-17(21)10-15/h4-12H,1-3H3. The summed E-state index contributed by atoms with van der Waals surface area (Å²) in [5, 5.41) is 0.723. The Morgan fingerprint density at radius 1 is 0.917 bits per heavy atom. The Hall–Kier alpha value is -2.52. The van der Waals surface area contributed by atoms with Crippen LogP contribution >= 0.6 is 11.6 Å². The fourth-order valence-corrected chi connectivity index (χ4v) is 3.20. The molecule has 0 aliphatic heterocycles. The summed E-state index contributed by atoms with van der Waals surface area (Å²) < 4.78 is 4.19. The van der Waals surface area contributed by atoms with E-state index in [0.717, 1.165) is 27.8 Å². The van der Waals surface area contributed by atoms with Gasteiger partial charge in [-0.2, -0.15) is 0 Å². The monoisotopic (exact) mass is 335 g/mol. The lowest BCUT2D eigenvalue weighted by molar-refractivity contribution is 0.945. The molecule has 2 aromatic heterocycles. The zero-order chi connectivity index (χ0) is 16.8. The van der Waals surface area contributed by atoms with E-state index in [2.05, 4.69) is 54.3 Å². The molecule has 120 valence electrons. The summed E-state index contributed by atoms with van der Waals surface area (Å²) >= 11 is 6.09. The van der Waals surface area contributed by atoms with Crippen molar-refractivity contribution < 1.29 is 0 Å². The number of imidazole rings is 2. The molecule has 4 aromatic rings. The number of halogens is 1. The Labute approximate surface area is 146 Å². The molecule has 0 fully saturated rings. The smallest absolute Gasteiger partial charge is 0.214 e. The molecular formula is C20H18ClN3. The molecule has 0 aliphatic carbocycles. The largest absolute Gasteiger partial charge is 0.313 e. The van der Waals surface area contributed by atoms with Crippen molar-refractivity contribution in [2.75, 3.05) is 0 Å². The van der Waals surface area contributed by atoms with Crippen molar-refractivity contribution in [3.63, 3.8) is 0 Å². The van der Waals surface area contributed by atoms with Crippen molar-refractivity contribution in [2.24, 2.45) is 7.05 Å². The van der Waals surface area contributed by atoms with Crippen molar-refractivity contribution in [3.05, 3.63) is 71.0 Å². The van der Waals surface area contributed by atoms with E-state index in [9.17, 15) is 0 Å². The molecule has 4 heteroatoms. The minimum Gasteiger partial charge on any atom is -0.313 e. The third-order valence-corrected chi connectivity index (χ3v) is 4.79. The van der Waals surface area contributed by atoms with Crippen molar-refractivity contribution in [1.82, 2.24) is 14.0 Å². The molecule has 24 heavy (non-hydrogen) atoms. The zero-order valence-corrected chi connectivity index (χ0v) is 14.7. The van der Waals surface area contributed by atoms with Crippen LogP contribution in [-0.2, 0) is 7.05 Å². The van der Waals surface area contributed by atoms with E-state index in [4.69, 9.17) is 16.6 Å². The van der Waals surface area contributed by atoms with Gasteiger partial charge in [0.15, 0.2) is 0 Å². The topological polar surface area (TPSA) is 22.2 Å². The van der Waals surface area contributed by atoms with Crippen LogP contribution < -0.4 is 0 Å². The first-order valence-corrected chi connectivity index (χ1v) is 8.29. The number of fused-ring (bicyclic) bond motifs is 1. The van der Waals surface area contributed by atoms with Gasteiger partial charge in [0.1, 0.15) is 0 Å². The van der Waals surface area contributed by atoms with Gasteiger partial charge in [0.25, 0.3) is 0 Å². The van der Waals surface area contributed by atoms with Crippen molar-refractivity contribution in [2.45, 2.75) is 13.8 Å². The Balaban J connectivity index is 1.82.